The van der Waals surface area contributed by atoms with Crippen LogP contribution in [0.3, 0.4) is 0 Å². The van der Waals surface area contributed by atoms with Crippen molar-refractivity contribution < 1.29 is 9.59 Å². The van der Waals surface area contributed by atoms with Gasteiger partial charge in [0.1, 0.15) is 0 Å². The minimum absolute atomic E-state index is 0.108. The standard InChI is InChI=1S/C23H28N6O2S/c1-5-29-20(13-24-19-11-8-16(3)12-17(19)4)25-28-23(29)32-14-21(30)26-27-22(31)18-9-6-15(2)7-10-18/h6-12,24H,5,13-14H2,1-4H3,(H,26,30)(H,27,31). The number of carbonyl (C=O) groups excluding carboxylic acids is 2. The van der Waals surface area contributed by atoms with Crippen LogP contribution in [0.5, 0.6) is 0 Å². The zero-order valence-electron chi connectivity index (χ0n) is 18.7. The van der Waals surface area contributed by atoms with Crippen molar-refractivity contribution in [2.75, 3.05) is 11.1 Å². The van der Waals surface area contributed by atoms with Gasteiger partial charge in [0.15, 0.2) is 11.0 Å². The van der Waals surface area contributed by atoms with E-state index in [0.717, 1.165) is 17.1 Å². The Morgan fingerprint density at radius 1 is 0.969 bits per heavy atom. The van der Waals surface area contributed by atoms with Gasteiger partial charge in [-0.1, -0.05) is 47.2 Å². The molecule has 0 bridgehead atoms. The van der Waals surface area contributed by atoms with Crippen LogP contribution >= 0.6 is 11.8 Å². The molecular weight excluding hydrogens is 424 g/mol. The topological polar surface area (TPSA) is 101 Å². The second-order valence-electron chi connectivity index (χ2n) is 7.47. The summed E-state index contributed by atoms with van der Waals surface area (Å²) in [4.78, 5) is 24.3. The van der Waals surface area contributed by atoms with Crippen molar-refractivity contribution in [1.82, 2.24) is 25.6 Å². The number of rotatable bonds is 8. The number of nitrogens with zero attached hydrogens (tertiary/aromatic N) is 3. The van der Waals surface area contributed by atoms with Crippen LogP contribution in [0.1, 0.15) is 39.8 Å². The maximum atomic E-state index is 12.2. The first-order valence-electron chi connectivity index (χ1n) is 10.4. The molecule has 0 aliphatic carbocycles. The van der Waals surface area contributed by atoms with E-state index in [0.29, 0.717) is 23.8 Å². The summed E-state index contributed by atoms with van der Waals surface area (Å²) in [6.07, 6.45) is 0. The first-order chi connectivity index (χ1) is 15.4. The molecule has 1 aromatic heterocycles. The molecule has 2 aromatic carbocycles. The normalized spacial score (nSPS) is 10.6. The lowest BCUT2D eigenvalue weighted by Gasteiger charge is -2.11. The van der Waals surface area contributed by atoms with E-state index in [1.54, 1.807) is 12.1 Å². The lowest BCUT2D eigenvalue weighted by molar-refractivity contribution is -0.119. The van der Waals surface area contributed by atoms with Gasteiger partial charge in [-0.05, 0) is 51.5 Å². The molecule has 0 aliphatic rings. The molecule has 32 heavy (non-hydrogen) atoms. The van der Waals surface area contributed by atoms with Crippen LogP contribution in [0.15, 0.2) is 47.6 Å². The van der Waals surface area contributed by atoms with Crippen molar-refractivity contribution in [2.24, 2.45) is 0 Å². The molecule has 3 N–H and O–H groups in total. The number of aryl methyl sites for hydroxylation is 3. The van der Waals surface area contributed by atoms with Crippen LogP contribution < -0.4 is 16.2 Å². The highest BCUT2D eigenvalue weighted by atomic mass is 32.2. The fourth-order valence-corrected chi connectivity index (χ4v) is 3.95. The Labute approximate surface area is 192 Å². The minimum Gasteiger partial charge on any atom is -0.378 e. The van der Waals surface area contributed by atoms with Crippen LogP contribution in [-0.4, -0.2) is 32.3 Å². The number of hydrogen-bond donors (Lipinski definition) is 3. The van der Waals surface area contributed by atoms with Crippen LogP contribution in [0.2, 0.25) is 0 Å². The molecule has 0 radical (unpaired) electrons. The maximum absolute atomic E-state index is 12.2. The second kappa shape index (κ2) is 10.8. The third kappa shape index (κ3) is 6.10. The Balaban J connectivity index is 1.51. The summed E-state index contributed by atoms with van der Waals surface area (Å²) in [5, 5.41) is 12.6. The van der Waals surface area contributed by atoms with Gasteiger partial charge in [0.2, 0.25) is 5.91 Å². The summed E-state index contributed by atoms with van der Waals surface area (Å²) in [6, 6.07) is 13.4. The number of amides is 2. The number of carbonyl (C=O) groups is 2. The quantitative estimate of drug-likeness (QED) is 0.358. The van der Waals surface area contributed by atoms with E-state index >= 15 is 0 Å². The van der Waals surface area contributed by atoms with Gasteiger partial charge in [-0.25, -0.2) is 0 Å². The number of nitrogens with one attached hydrogen (secondary N) is 3. The van der Waals surface area contributed by atoms with Crippen LogP contribution in [0, 0.1) is 20.8 Å². The highest BCUT2D eigenvalue weighted by Crippen LogP contribution is 2.19. The third-order valence-corrected chi connectivity index (χ3v) is 5.86. The lowest BCUT2D eigenvalue weighted by atomic mass is 10.1. The summed E-state index contributed by atoms with van der Waals surface area (Å²) >= 11 is 1.28. The van der Waals surface area contributed by atoms with Crippen LogP contribution in [0.4, 0.5) is 5.69 Å². The number of hydrazine groups is 1. The smallest absolute Gasteiger partial charge is 0.269 e. The van der Waals surface area contributed by atoms with E-state index in [2.05, 4.69) is 58.4 Å². The Morgan fingerprint density at radius 2 is 1.69 bits per heavy atom. The molecule has 1 heterocycles. The first-order valence-corrected chi connectivity index (χ1v) is 11.4. The van der Waals surface area contributed by atoms with Crippen LogP contribution in [-0.2, 0) is 17.9 Å². The summed E-state index contributed by atoms with van der Waals surface area (Å²) < 4.78 is 1.97. The van der Waals surface area contributed by atoms with Crippen molar-refractivity contribution in [3.8, 4) is 0 Å². The fraction of sp³-hybridized carbons (Fsp3) is 0.304. The maximum Gasteiger partial charge on any atom is 0.269 e. The predicted molar refractivity (Wildman–Crippen MR) is 126 cm³/mol. The molecule has 0 fully saturated rings. The molecule has 2 amide bonds. The van der Waals surface area contributed by atoms with E-state index in [1.165, 1.54) is 22.9 Å². The molecule has 8 nitrogen and oxygen atoms in total. The lowest BCUT2D eigenvalue weighted by Crippen LogP contribution is -2.42. The summed E-state index contributed by atoms with van der Waals surface area (Å²) in [5.74, 6) is 0.218. The zero-order chi connectivity index (χ0) is 23.1. The Morgan fingerprint density at radius 3 is 2.38 bits per heavy atom. The van der Waals surface area contributed by atoms with Gasteiger partial charge in [0.25, 0.3) is 5.91 Å². The zero-order valence-corrected chi connectivity index (χ0v) is 19.5. The van der Waals surface area contributed by atoms with E-state index in [9.17, 15) is 9.59 Å². The largest absolute Gasteiger partial charge is 0.378 e. The van der Waals surface area contributed by atoms with E-state index in [-0.39, 0.29) is 17.6 Å². The SMILES string of the molecule is CCn1c(CNc2ccc(C)cc2C)nnc1SCC(=O)NNC(=O)c1ccc(C)cc1. The van der Waals surface area contributed by atoms with Gasteiger partial charge >= 0.3 is 0 Å². The average Bonchev–Trinajstić information content (AvgIpc) is 3.17. The van der Waals surface area contributed by atoms with E-state index in [1.807, 2.05) is 30.5 Å². The molecule has 0 saturated carbocycles. The van der Waals surface area contributed by atoms with Gasteiger partial charge < -0.3 is 9.88 Å². The molecule has 0 unspecified atom stereocenters. The van der Waals surface area contributed by atoms with Gasteiger partial charge in [0, 0.05) is 17.8 Å². The molecular formula is C23H28N6O2S. The van der Waals surface area contributed by atoms with Crippen LogP contribution in [0.25, 0.3) is 0 Å². The number of benzene rings is 2. The van der Waals surface area contributed by atoms with Gasteiger partial charge in [-0.15, -0.1) is 10.2 Å². The Kier molecular flexibility index (Phi) is 7.88. The van der Waals surface area contributed by atoms with Gasteiger partial charge in [-0.3, -0.25) is 20.4 Å². The number of hydrogen-bond acceptors (Lipinski definition) is 6. The van der Waals surface area contributed by atoms with E-state index < -0.39 is 0 Å². The first kappa shape index (κ1) is 23.3. The Bertz CT molecular complexity index is 1090. The third-order valence-electron chi connectivity index (χ3n) is 4.89. The van der Waals surface area contributed by atoms with Crippen molar-refractivity contribution in [2.45, 2.75) is 45.9 Å². The molecule has 3 rings (SSSR count). The fourth-order valence-electron chi connectivity index (χ4n) is 3.13. The molecule has 0 saturated heterocycles. The minimum atomic E-state index is -0.361. The monoisotopic (exact) mass is 452 g/mol. The van der Waals surface area contributed by atoms with E-state index in [4.69, 9.17) is 0 Å². The second-order valence-corrected chi connectivity index (χ2v) is 8.41. The van der Waals surface area contributed by atoms with Crippen molar-refractivity contribution in [1.29, 1.82) is 0 Å². The summed E-state index contributed by atoms with van der Waals surface area (Å²) in [6.45, 7) is 9.31. The molecule has 3 aromatic rings. The summed E-state index contributed by atoms with van der Waals surface area (Å²) in [5.41, 5.74) is 9.86. The summed E-state index contributed by atoms with van der Waals surface area (Å²) in [7, 11) is 0. The number of thioether (sulfide) groups is 1. The Hall–Kier alpha value is -3.33. The molecule has 0 atom stereocenters. The number of aromatic nitrogens is 3. The number of anilines is 1. The molecule has 168 valence electrons. The molecule has 9 heteroatoms. The molecule has 0 aliphatic heterocycles. The molecule has 0 spiro atoms. The van der Waals surface area contributed by atoms with Crippen molar-refractivity contribution >= 4 is 29.3 Å². The highest BCUT2D eigenvalue weighted by Gasteiger charge is 2.14. The van der Waals surface area contributed by atoms with Crippen molar-refractivity contribution in [3.05, 3.63) is 70.5 Å². The highest BCUT2D eigenvalue weighted by molar-refractivity contribution is 7.99. The predicted octanol–water partition coefficient (Wildman–Crippen LogP) is 3.39. The average molecular weight is 453 g/mol. The van der Waals surface area contributed by atoms with Crippen molar-refractivity contribution in [3.63, 3.8) is 0 Å². The van der Waals surface area contributed by atoms with Gasteiger partial charge in [-0.2, -0.15) is 0 Å². The van der Waals surface area contributed by atoms with Gasteiger partial charge in [0.05, 0.1) is 12.3 Å².